The number of benzene rings is 1. The lowest BCUT2D eigenvalue weighted by Crippen LogP contribution is -2.00. The Morgan fingerprint density at radius 2 is 2.08 bits per heavy atom. The lowest BCUT2D eigenvalue weighted by molar-refractivity contribution is -0.386. The Balaban J connectivity index is 3.38. The topological polar surface area (TPSA) is 69.2 Å². The molecular formula is C7H6Br2N2O2. The summed E-state index contributed by atoms with van der Waals surface area (Å²) >= 11 is 6.24. The Morgan fingerprint density at radius 3 is 2.54 bits per heavy atom. The minimum Gasteiger partial charge on any atom is -0.326 e. The minimum atomic E-state index is -0.451. The fraction of sp³-hybridized carbons (Fsp3) is 0.143. The Morgan fingerprint density at radius 1 is 1.46 bits per heavy atom. The zero-order valence-corrected chi connectivity index (χ0v) is 9.63. The van der Waals surface area contributed by atoms with Crippen LogP contribution < -0.4 is 5.73 Å². The van der Waals surface area contributed by atoms with Crippen LogP contribution in [0.1, 0.15) is 5.56 Å². The fourth-order valence-corrected chi connectivity index (χ4v) is 2.30. The summed E-state index contributed by atoms with van der Waals surface area (Å²) in [5.74, 6) is 0. The molecule has 0 spiro atoms. The van der Waals surface area contributed by atoms with Crippen LogP contribution in [0.25, 0.3) is 0 Å². The average molecular weight is 310 g/mol. The van der Waals surface area contributed by atoms with Crippen molar-refractivity contribution in [2.75, 3.05) is 0 Å². The van der Waals surface area contributed by atoms with Gasteiger partial charge in [-0.05, 0) is 43.5 Å². The average Bonchev–Trinajstić information content (AvgIpc) is 2.04. The van der Waals surface area contributed by atoms with Crippen molar-refractivity contribution in [2.24, 2.45) is 5.73 Å². The second kappa shape index (κ2) is 4.17. The maximum Gasteiger partial charge on any atom is 0.297 e. The van der Waals surface area contributed by atoms with Gasteiger partial charge < -0.3 is 5.73 Å². The molecule has 0 amide bonds. The molecule has 0 atom stereocenters. The molecule has 2 N–H and O–H groups in total. The molecule has 0 aliphatic heterocycles. The molecular weight excluding hydrogens is 304 g/mol. The molecule has 0 saturated heterocycles. The third kappa shape index (κ3) is 2.07. The first-order valence-corrected chi connectivity index (χ1v) is 4.98. The van der Waals surface area contributed by atoms with Gasteiger partial charge in [0.2, 0.25) is 0 Å². The van der Waals surface area contributed by atoms with E-state index in [1.807, 2.05) is 0 Å². The summed E-state index contributed by atoms with van der Waals surface area (Å²) in [6.45, 7) is 0.273. The van der Waals surface area contributed by atoms with Crippen LogP contribution in [-0.2, 0) is 6.54 Å². The highest BCUT2D eigenvalue weighted by Gasteiger charge is 2.18. The Bertz CT molecular complexity index is 355. The molecule has 1 rings (SSSR count). The van der Waals surface area contributed by atoms with E-state index in [4.69, 9.17) is 5.73 Å². The summed E-state index contributed by atoms with van der Waals surface area (Å²) < 4.78 is 0.885. The third-order valence-corrected chi connectivity index (χ3v) is 3.07. The lowest BCUT2D eigenvalue weighted by atomic mass is 10.2. The highest BCUT2D eigenvalue weighted by molar-refractivity contribution is 9.11. The van der Waals surface area contributed by atoms with Gasteiger partial charge in [-0.15, -0.1) is 0 Å². The van der Waals surface area contributed by atoms with Crippen LogP contribution in [0.3, 0.4) is 0 Å². The lowest BCUT2D eigenvalue weighted by Gasteiger charge is -2.03. The molecule has 0 aromatic heterocycles. The van der Waals surface area contributed by atoms with E-state index in [0.29, 0.717) is 8.95 Å². The fourth-order valence-electron chi connectivity index (χ4n) is 0.908. The van der Waals surface area contributed by atoms with Crippen LogP contribution in [0.4, 0.5) is 5.69 Å². The normalized spacial score (nSPS) is 10.1. The van der Waals surface area contributed by atoms with Crippen LogP contribution in [0.2, 0.25) is 0 Å². The molecule has 0 heterocycles. The third-order valence-electron chi connectivity index (χ3n) is 1.55. The van der Waals surface area contributed by atoms with E-state index in [1.54, 1.807) is 12.1 Å². The number of nitrogens with two attached hydrogens (primary N) is 1. The van der Waals surface area contributed by atoms with Gasteiger partial charge in [-0.2, -0.15) is 0 Å². The van der Waals surface area contributed by atoms with Crippen molar-refractivity contribution in [1.29, 1.82) is 0 Å². The predicted molar refractivity (Wildman–Crippen MR) is 56.4 cm³/mol. The van der Waals surface area contributed by atoms with E-state index < -0.39 is 4.92 Å². The molecule has 70 valence electrons. The van der Waals surface area contributed by atoms with Crippen molar-refractivity contribution in [3.63, 3.8) is 0 Å². The summed E-state index contributed by atoms with van der Waals surface area (Å²) in [4.78, 5) is 10.2. The quantitative estimate of drug-likeness (QED) is 0.674. The van der Waals surface area contributed by atoms with Gasteiger partial charge in [0.05, 0.1) is 9.40 Å². The van der Waals surface area contributed by atoms with Crippen molar-refractivity contribution < 1.29 is 4.92 Å². The first kappa shape index (κ1) is 10.6. The van der Waals surface area contributed by atoms with Crippen LogP contribution in [0.15, 0.2) is 21.1 Å². The maximum absolute atomic E-state index is 10.6. The number of nitro groups is 1. The Labute approximate surface area is 91.5 Å². The van der Waals surface area contributed by atoms with E-state index in [9.17, 15) is 10.1 Å². The highest BCUT2D eigenvalue weighted by atomic mass is 79.9. The first-order chi connectivity index (χ1) is 6.07. The summed E-state index contributed by atoms with van der Waals surface area (Å²) in [5.41, 5.74) is 6.14. The SMILES string of the molecule is NCc1ccc(Br)c([N+](=O)[O-])c1Br. The van der Waals surface area contributed by atoms with Gasteiger partial charge in [-0.1, -0.05) is 6.07 Å². The van der Waals surface area contributed by atoms with Crippen LogP contribution >= 0.6 is 31.9 Å². The van der Waals surface area contributed by atoms with Gasteiger partial charge in [0.25, 0.3) is 5.69 Å². The number of nitrogens with zero attached hydrogens (tertiary/aromatic N) is 1. The monoisotopic (exact) mass is 308 g/mol. The molecule has 0 radical (unpaired) electrons. The molecule has 6 heteroatoms. The number of hydrogen-bond acceptors (Lipinski definition) is 3. The maximum atomic E-state index is 10.6. The predicted octanol–water partition coefficient (Wildman–Crippen LogP) is 2.58. The van der Waals surface area contributed by atoms with Crippen molar-refractivity contribution in [1.82, 2.24) is 0 Å². The van der Waals surface area contributed by atoms with E-state index in [-0.39, 0.29) is 12.2 Å². The van der Waals surface area contributed by atoms with Crippen molar-refractivity contribution in [3.05, 3.63) is 36.8 Å². The molecule has 13 heavy (non-hydrogen) atoms. The molecule has 0 unspecified atom stereocenters. The standard InChI is InChI=1S/C7H6Br2N2O2/c8-5-2-1-4(3-10)6(9)7(5)11(12)13/h1-2H,3,10H2. The smallest absolute Gasteiger partial charge is 0.297 e. The summed E-state index contributed by atoms with van der Waals surface area (Å²) in [5, 5.41) is 10.6. The van der Waals surface area contributed by atoms with Crippen molar-refractivity contribution in [3.8, 4) is 0 Å². The number of hydrogen-bond donors (Lipinski definition) is 1. The van der Waals surface area contributed by atoms with E-state index in [2.05, 4.69) is 31.9 Å². The second-order valence-corrected chi connectivity index (χ2v) is 3.98. The van der Waals surface area contributed by atoms with E-state index in [0.717, 1.165) is 5.56 Å². The zero-order valence-electron chi connectivity index (χ0n) is 6.46. The number of halogens is 2. The molecule has 4 nitrogen and oxygen atoms in total. The molecule has 0 saturated carbocycles. The van der Waals surface area contributed by atoms with E-state index in [1.165, 1.54) is 0 Å². The van der Waals surface area contributed by atoms with Crippen molar-refractivity contribution >= 4 is 37.5 Å². The van der Waals surface area contributed by atoms with E-state index >= 15 is 0 Å². The van der Waals surface area contributed by atoms with Gasteiger partial charge in [0, 0.05) is 6.54 Å². The zero-order chi connectivity index (χ0) is 10.0. The van der Waals surface area contributed by atoms with Gasteiger partial charge in [-0.3, -0.25) is 10.1 Å². The van der Waals surface area contributed by atoms with Gasteiger partial charge >= 0.3 is 0 Å². The van der Waals surface area contributed by atoms with Crippen molar-refractivity contribution in [2.45, 2.75) is 6.54 Å². The molecule has 1 aromatic carbocycles. The van der Waals surface area contributed by atoms with Crippen LogP contribution in [0.5, 0.6) is 0 Å². The first-order valence-electron chi connectivity index (χ1n) is 3.39. The Hall–Kier alpha value is -0.460. The largest absolute Gasteiger partial charge is 0.326 e. The number of nitro benzene ring substituents is 1. The molecule has 0 fully saturated rings. The molecule has 0 bridgehead atoms. The molecule has 0 aliphatic rings. The minimum absolute atomic E-state index is 0.0166. The van der Waals surface area contributed by atoms with Crippen LogP contribution in [0, 0.1) is 10.1 Å². The highest BCUT2D eigenvalue weighted by Crippen LogP contribution is 2.35. The van der Waals surface area contributed by atoms with Crippen LogP contribution in [-0.4, -0.2) is 4.92 Å². The van der Waals surface area contributed by atoms with Gasteiger partial charge in [0.15, 0.2) is 0 Å². The summed E-state index contributed by atoms with van der Waals surface area (Å²) in [7, 11) is 0. The molecule has 0 aliphatic carbocycles. The summed E-state index contributed by atoms with van der Waals surface area (Å²) in [6, 6.07) is 3.35. The summed E-state index contributed by atoms with van der Waals surface area (Å²) in [6.07, 6.45) is 0. The second-order valence-electron chi connectivity index (χ2n) is 2.33. The Kier molecular flexibility index (Phi) is 3.40. The molecule has 1 aromatic rings. The number of rotatable bonds is 2. The van der Waals surface area contributed by atoms with Gasteiger partial charge in [0.1, 0.15) is 4.47 Å². The van der Waals surface area contributed by atoms with Gasteiger partial charge in [-0.25, -0.2) is 0 Å².